The summed E-state index contributed by atoms with van der Waals surface area (Å²) in [5, 5.41) is 11.0. The number of ether oxygens (including phenoxy) is 3. The maximum Gasteiger partial charge on any atom is 0.251 e. The van der Waals surface area contributed by atoms with Crippen molar-refractivity contribution < 1.29 is 38.2 Å². The zero-order valence-corrected chi connectivity index (χ0v) is 26.7. The predicted octanol–water partition coefficient (Wildman–Crippen LogP) is 2.13. The molecule has 0 spiro atoms. The Morgan fingerprint density at radius 3 is 2.22 bits per heavy atom. The van der Waals surface area contributed by atoms with Crippen molar-refractivity contribution in [3.8, 4) is 23.0 Å². The molecule has 0 saturated carbocycles. The van der Waals surface area contributed by atoms with Crippen LogP contribution in [0.2, 0.25) is 0 Å². The Labute approximate surface area is 263 Å². The molecule has 4 N–H and O–H groups in total. The molecule has 2 aromatic rings. The number of rotatable bonds is 3. The number of amides is 5. The van der Waals surface area contributed by atoms with Crippen LogP contribution >= 0.6 is 0 Å². The predicted molar refractivity (Wildman–Crippen MR) is 166 cm³/mol. The van der Waals surface area contributed by atoms with Crippen molar-refractivity contribution in [2.24, 2.45) is 5.92 Å². The number of carbonyl (C=O) groups excluding carboxylic acids is 5. The highest BCUT2D eigenvalue weighted by atomic mass is 16.5. The van der Waals surface area contributed by atoms with Gasteiger partial charge in [0.1, 0.15) is 12.1 Å². The molecule has 0 radical (unpaired) electrons. The molecule has 13 heteroatoms. The van der Waals surface area contributed by atoms with Gasteiger partial charge in [-0.15, -0.1) is 0 Å². The van der Waals surface area contributed by atoms with Crippen LogP contribution in [0.15, 0.2) is 36.4 Å². The van der Waals surface area contributed by atoms with Crippen molar-refractivity contribution >= 4 is 29.5 Å². The van der Waals surface area contributed by atoms with E-state index in [2.05, 4.69) is 21.3 Å². The van der Waals surface area contributed by atoms with Gasteiger partial charge in [0.25, 0.3) is 5.91 Å². The van der Waals surface area contributed by atoms with Crippen LogP contribution in [0.25, 0.3) is 0 Å². The number of nitrogens with zero attached hydrogens (tertiary/aromatic N) is 1. The van der Waals surface area contributed by atoms with Crippen LogP contribution in [0.5, 0.6) is 23.0 Å². The van der Waals surface area contributed by atoms with Gasteiger partial charge in [0.05, 0.1) is 14.2 Å². The van der Waals surface area contributed by atoms with Crippen LogP contribution < -0.4 is 35.5 Å². The Kier molecular flexibility index (Phi) is 12.6. The average Bonchev–Trinajstić information content (AvgIpc) is 3.01. The van der Waals surface area contributed by atoms with E-state index < -0.39 is 18.0 Å². The van der Waals surface area contributed by atoms with Crippen LogP contribution in [0.1, 0.15) is 56.5 Å². The van der Waals surface area contributed by atoms with E-state index in [1.54, 1.807) is 43.3 Å². The first-order chi connectivity index (χ1) is 21.4. The van der Waals surface area contributed by atoms with Crippen molar-refractivity contribution in [2.45, 2.75) is 59.2 Å². The first kappa shape index (κ1) is 34.7. The first-order valence-corrected chi connectivity index (χ1v) is 14.9. The lowest BCUT2D eigenvalue weighted by Crippen LogP contribution is -2.54. The van der Waals surface area contributed by atoms with E-state index in [-0.39, 0.29) is 55.6 Å². The number of hydrogen-bond acceptors (Lipinski definition) is 8. The first-order valence-electron chi connectivity index (χ1n) is 14.9. The molecule has 3 aliphatic heterocycles. The SMILES string of the molecule is COc1cc2ccc1Oc1ccc(cc1OC)C(=O)NCCN(C(C)=O)CCCC(=O)N[C@H](C)C(=O)N[C@@H](C(C)C)C(=O)NC2. The lowest BCUT2D eigenvalue weighted by molar-refractivity contribution is -0.132. The number of carbonyl (C=O) groups is 5. The summed E-state index contributed by atoms with van der Waals surface area (Å²) in [4.78, 5) is 65.1. The van der Waals surface area contributed by atoms with E-state index in [1.165, 1.54) is 26.0 Å². The molecular weight excluding hydrogens is 582 g/mol. The largest absolute Gasteiger partial charge is 0.493 e. The molecule has 0 saturated heterocycles. The number of methoxy groups -OCH3 is 2. The number of nitrogens with one attached hydrogen (secondary N) is 4. The van der Waals surface area contributed by atoms with Gasteiger partial charge in [-0.1, -0.05) is 19.9 Å². The quantitative estimate of drug-likeness (QED) is 0.403. The summed E-state index contributed by atoms with van der Waals surface area (Å²) >= 11 is 0. The standard InChI is InChI=1S/C32H43N5O8/c1-19(2)29-32(42)34-18-22-9-11-24(26(16-22)43-5)45-25-12-10-23(17-27(25)44-6)31(41)33-13-15-37(21(4)38)14-7-8-28(39)35-20(3)30(40)36-29/h9-12,16-17,19-20,29H,7-8,13-15,18H2,1-6H3,(H,33,41)(H,34,42)(H,35,39)(H,36,40)/t20-,29+/m1/s1. The average molecular weight is 626 g/mol. The van der Waals surface area contributed by atoms with Gasteiger partial charge >= 0.3 is 0 Å². The molecule has 5 rings (SSSR count). The van der Waals surface area contributed by atoms with Gasteiger partial charge in [-0.2, -0.15) is 0 Å². The van der Waals surface area contributed by atoms with Gasteiger partial charge < -0.3 is 40.4 Å². The molecule has 0 aromatic heterocycles. The zero-order valence-electron chi connectivity index (χ0n) is 26.7. The second-order valence-electron chi connectivity index (χ2n) is 11.1. The van der Waals surface area contributed by atoms with E-state index in [1.807, 2.05) is 13.8 Å². The summed E-state index contributed by atoms with van der Waals surface area (Å²) in [7, 11) is 2.95. The molecular formula is C32H43N5O8. The van der Waals surface area contributed by atoms with Crippen molar-refractivity contribution in [1.29, 1.82) is 0 Å². The normalized spacial score (nSPS) is 19.2. The van der Waals surface area contributed by atoms with Crippen LogP contribution in [-0.4, -0.2) is 80.4 Å². The highest BCUT2D eigenvalue weighted by molar-refractivity contribution is 5.95. The van der Waals surface area contributed by atoms with Gasteiger partial charge in [0.2, 0.25) is 23.6 Å². The van der Waals surface area contributed by atoms with Gasteiger partial charge in [-0.3, -0.25) is 24.0 Å². The molecule has 2 aromatic carbocycles. The van der Waals surface area contributed by atoms with Crippen molar-refractivity contribution in [3.05, 3.63) is 47.5 Å². The maximum absolute atomic E-state index is 13.1. The Morgan fingerprint density at radius 2 is 1.58 bits per heavy atom. The Bertz CT molecular complexity index is 1400. The van der Waals surface area contributed by atoms with Gasteiger partial charge in [-0.05, 0) is 55.2 Å². The van der Waals surface area contributed by atoms with Gasteiger partial charge in [0.15, 0.2) is 23.0 Å². The highest BCUT2D eigenvalue weighted by Crippen LogP contribution is 2.37. The Balaban J connectivity index is 1.88. The molecule has 2 atom stereocenters. The van der Waals surface area contributed by atoms with E-state index in [4.69, 9.17) is 14.2 Å². The summed E-state index contributed by atoms with van der Waals surface area (Å²) < 4.78 is 17.1. The topological polar surface area (TPSA) is 164 Å². The van der Waals surface area contributed by atoms with Crippen LogP contribution in [-0.2, 0) is 25.7 Å². The van der Waals surface area contributed by atoms with Crippen molar-refractivity contribution in [1.82, 2.24) is 26.2 Å². The molecule has 13 nitrogen and oxygen atoms in total. The minimum Gasteiger partial charge on any atom is -0.493 e. The minimum atomic E-state index is -0.881. The van der Waals surface area contributed by atoms with Crippen LogP contribution in [0.4, 0.5) is 0 Å². The molecule has 0 unspecified atom stereocenters. The van der Waals surface area contributed by atoms with E-state index >= 15 is 0 Å². The smallest absolute Gasteiger partial charge is 0.251 e. The third-order valence-electron chi connectivity index (χ3n) is 7.30. The fourth-order valence-electron chi connectivity index (χ4n) is 4.67. The maximum atomic E-state index is 13.1. The monoisotopic (exact) mass is 625 g/mol. The fourth-order valence-corrected chi connectivity index (χ4v) is 4.67. The molecule has 3 aliphatic rings. The lowest BCUT2D eigenvalue weighted by atomic mass is 10.0. The van der Waals surface area contributed by atoms with Gasteiger partial charge in [-0.25, -0.2) is 0 Å². The molecule has 4 bridgehead atoms. The van der Waals surface area contributed by atoms with E-state index in [0.29, 0.717) is 41.5 Å². The third-order valence-corrected chi connectivity index (χ3v) is 7.30. The summed E-state index contributed by atoms with van der Waals surface area (Å²) in [6.07, 6.45) is 0.438. The third kappa shape index (κ3) is 9.85. The Morgan fingerprint density at radius 1 is 0.911 bits per heavy atom. The summed E-state index contributed by atoms with van der Waals surface area (Å²) in [6.45, 7) is 7.47. The summed E-state index contributed by atoms with van der Waals surface area (Å²) in [6, 6.07) is 8.22. The summed E-state index contributed by atoms with van der Waals surface area (Å²) in [5.41, 5.74) is 1.06. The molecule has 0 fully saturated rings. The molecule has 0 aliphatic carbocycles. The Hall–Kier alpha value is -4.81. The molecule has 5 amide bonds. The second kappa shape index (κ2) is 16.3. The van der Waals surface area contributed by atoms with Gasteiger partial charge in [0, 0.05) is 45.1 Å². The van der Waals surface area contributed by atoms with Crippen LogP contribution in [0.3, 0.4) is 0 Å². The van der Waals surface area contributed by atoms with Crippen molar-refractivity contribution in [3.63, 3.8) is 0 Å². The minimum absolute atomic E-state index is 0.0817. The molecule has 244 valence electrons. The summed E-state index contributed by atoms with van der Waals surface area (Å²) in [5.74, 6) is -0.554. The number of benzene rings is 2. The van der Waals surface area contributed by atoms with Crippen molar-refractivity contribution in [2.75, 3.05) is 33.9 Å². The second-order valence-corrected chi connectivity index (χ2v) is 11.1. The number of fused-ring (bicyclic) bond motifs is 2. The van der Waals surface area contributed by atoms with E-state index in [9.17, 15) is 24.0 Å². The zero-order chi connectivity index (χ0) is 33.1. The highest BCUT2D eigenvalue weighted by Gasteiger charge is 2.27. The lowest BCUT2D eigenvalue weighted by Gasteiger charge is -2.24. The van der Waals surface area contributed by atoms with Crippen LogP contribution in [0, 0.1) is 5.92 Å². The van der Waals surface area contributed by atoms with E-state index in [0.717, 1.165) is 5.56 Å². The fraction of sp³-hybridized carbons (Fsp3) is 0.469. The molecule has 45 heavy (non-hydrogen) atoms. The molecule has 3 heterocycles. The number of hydrogen-bond donors (Lipinski definition) is 4.